The molecule has 1 N–H and O–H groups in total. The van der Waals surface area contributed by atoms with E-state index in [0.717, 1.165) is 38.5 Å². The Morgan fingerprint density at radius 3 is 3.21 bits per heavy atom. The van der Waals surface area contributed by atoms with E-state index in [0.29, 0.717) is 5.92 Å². The van der Waals surface area contributed by atoms with Crippen molar-refractivity contribution in [3.05, 3.63) is 33.1 Å². The van der Waals surface area contributed by atoms with Crippen LogP contribution in [0, 0.1) is 5.92 Å². The van der Waals surface area contributed by atoms with Crippen LogP contribution in [0.1, 0.15) is 11.3 Å². The van der Waals surface area contributed by atoms with E-state index in [9.17, 15) is 0 Å². The molecule has 1 atom stereocenters. The lowest BCUT2D eigenvalue weighted by atomic mass is 10.1. The fourth-order valence-electron chi connectivity index (χ4n) is 2.22. The molecule has 0 aromatic carbocycles. The van der Waals surface area contributed by atoms with E-state index in [1.54, 1.807) is 11.3 Å². The lowest BCUT2D eigenvalue weighted by Gasteiger charge is -2.12. The topological polar surface area (TPSA) is 39.1 Å². The van der Waals surface area contributed by atoms with E-state index >= 15 is 0 Å². The summed E-state index contributed by atoms with van der Waals surface area (Å²) in [6.45, 7) is 3.50. The lowest BCUT2D eigenvalue weighted by molar-refractivity contribution is 0.181. The SMILES string of the molecule is Brc1ccsc1CNc1ccnn1C[C@@H]1CCOC1. The lowest BCUT2D eigenvalue weighted by Crippen LogP contribution is -2.14. The predicted octanol–water partition coefficient (Wildman–Crippen LogP) is 3.36. The summed E-state index contributed by atoms with van der Waals surface area (Å²) in [5, 5.41) is 9.93. The van der Waals surface area contributed by atoms with Gasteiger partial charge in [0, 0.05) is 34.5 Å². The van der Waals surface area contributed by atoms with Crippen molar-refractivity contribution >= 4 is 33.1 Å². The molecule has 4 nitrogen and oxygen atoms in total. The van der Waals surface area contributed by atoms with Crippen molar-refractivity contribution in [3.63, 3.8) is 0 Å². The molecule has 1 aliphatic heterocycles. The third kappa shape index (κ3) is 3.19. The van der Waals surface area contributed by atoms with Gasteiger partial charge in [-0.2, -0.15) is 5.10 Å². The van der Waals surface area contributed by atoms with Gasteiger partial charge in [-0.1, -0.05) is 0 Å². The predicted molar refractivity (Wildman–Crippen MR) is 80.5 cm³/mol. The van der Waals surface area contributed by atoms with Gasteiger partial charge in [0.05, 0.1) is 19.3 Å². The molecule has 1 fully saturated rings. The number of ether oxygens (including phenoxy) is 1. The van der Waals surface area contributed by atoms with Gasteiger partial charge in [0.1, 0.15) is 5.82 Å². The van der Waals surface area contributed by atoms with Crippen LogP contribution in [0.2, 0.25) is 0 Å². The molecule has 3 heterocycles. The third-order valence-corrected chi connectivity index (χ3v) is 5.22. The molecule has 0 spiro atoms. The number of halogens is 1. The first kappa shape index (κ1) is 13.1. The van der Waals surface area contributed by atoms with E-state index in [2.05, 4.69) is 37.8 Å². The Morgan fingerprint density at radius 1 is 1.53 bits per heavy atom. The average Bonchev–Trinajstić information content (AvgIpc) is 3.11. The smallest absolute Gasteiger partial charge is 0.124 e. The Balaban J connectivity index is 1.61. The van der Waals surface area contributed by atoms with E-state index in [4.69, 9.17) is 4.74 Å². The van der Waals surface area contributed by atoms with Gasteiger partial charge in [-0.25, -0.2) is 4.68 Å². The second-order valence-corrected chi connectivity index (χ2v) is 6.53. The zero-order valence-corrected chi connectivity index (χ0v) is 12.9. The molecule has 19 heavy (non-hydrogen) atoms. The van der Waals surface area contributed by atoms with Gasteiger partial charge in [-0.3, -0.25) is 0 Å². The summed E-state index contributed by atoms with van der Waals surface area (Å²) in [6.07, 6.45) is 2.98. The van der Waals surface area contributed by atoms with Gasteiger partial charge in [0.15, 0.2) is 0 Å². The molecule has 1 aliphatic rings. The molecule has 0 bridgehead atoms. The largest absolute Gasteiger partial charge is 0.381 e. The van der Waals surface area contributed by atoms with Crippen molar-refractivity contribution in [2.24, 2.45) is 5.92 Å². The Bertz CT molecular complexity index is 533. The Labute approximate surface area is 124 Å². The van der Waals surface area contributed by atoms with Crippen LogP contribution in [0.4, 0.5) is 5.82 Å². The fourth-order valence-corrected chi connectivity index (χ4v) is 3.65. The van der Waals surface area contributed by atoms with Gasteiger partial charge >= 0.3 is 0 Å². The summed E-state index contributed by atoms with van der Waals surface area (Å²) in [5.74, 6) is 1.67. The van der Waals surface area contributed by atoms with Crippen LogP contribution in [-0.4, -0.2) is 23.0 Å². The molecule has 1 saturated heterocycles. The molecule has 0 aliphatic carbocycles. The first-order valence-corrected chi connectivity index (χ1v) is 8.05. The minimum absolute atomic E-state index is 0.592. The van der Waals surface area contributed by atoms with Gasteiger partial charge < -0.3 is 10.1 Å². The number of hydrogen-bond acceptors (Lipinski definition) is 4. The quantitative estimate of drug-likeness (QED) is 0.906. The standard InChI is InChI=1S/C13H16BrN3OS/c14-11-3-6-19-12(11)7-15-13-1-4-16-17(13)8-10-2-5-18-9-10/h1,3-4,6,10,15H,2,5,7-9H2/t10-/m0/s1. The number of nitrogens with zero attached hydrogens (tertiary/aromatic N) is 2. The zero-order valence-electron chi connectivity index (χ0n) is 10.5. The average molecular weight is 342 g/mol. The van der Waals surface area contributed by atoms with Crippen LogP contribution < -0.4 is 5.32 Å². The van der Waals surface area contributed by atoms with E-state index in [-0.39, 0.29) is 0 Å². The normalized spacial score (nSPS) is 18.9. The van der Waals surface area contributed by atoms with Crippen molar-refractivity contribution in [2.45, 2.75) is 19.5 Å². The number of nitrogens with one attached hydrogen (secondary N) is 1. The molecule has 6 heteroatoms. The zero-order chi connectivity index (χ0) is 13.1. The highest BCUT2D eigenvalue weighted by Gasteiger charge is 2.17. The highest BCUT2D eigenvalue weighted by atomic mass is 79.9. The van der Waals surface area contributed by atoms with Gasteiger partial charge in [-0.05, 0) is 33.8 Å². The van der Waals surface area contributed by atoms with Crippen molar-refractivity contribution in [1.82, 2.24) is 9.78 Å². The second-order valence-electron chi connectivity index (χ2n) is 4.67. The number of thiophene rings is 1. The van der Waals surface area contributed by atoms with E-state index in [1.807, 2.05) is 16.9 Å². The summed E-state index contributed by atoms with van der Waals surface area (Å²) >= 11 is 5.30. The van der Waals surface area contributed by atoms with Gasteiger partial charge in [0.2, 0.25) is 0 Å². The minimum Gasteiger partial charge on any atom is -0.381 e. The molecular weight excluding hydrogens is 326 g/mol. The Hall–Kier alpha value is -0.850. The number of anilines is 1. The van der Waals surface area contributed by atoms with Crippen LogP contribution in [0.5, 0.6) is 0 Å². The Kier molecular flexibility index (Phi) is 4.20. The molecule has 2 aromatic heterocycles. The fraction of sp³-hybridized carbons (Fsp3) is 0.462. The monoisotopic (exact) mass is 341 g/mol. The Morgan fingerprint density at radius 2 is 2.47 bits per heavy atom. The maximum atomic E-state index is 5.41. The highest BCUT2D eigenvalue weighted by Crippen LogP contribution is 2.24. The third-order valence-electron chi connectivity index (χ3n) is 3.29. The van der Waals surface area contributed by atoms with Crippen molar-refractivity contribution < 1.29 is 4.74 Å². The second kappa shape index (κ2) is 6.07. The summed E-state index contributed by atoms with van der Waals surface area (Å²) in [6, 6.07) is 4.10. The first-order chi connectivity index (χ1) is 9.33. The molecule has 0 saturated carbocycles. The summed E-state index contributed by atoms with van der Waals surface area (Å²) in [4.78, 5) is 1.30. The number of rotatable bonds is 5. The van der Waals surface area contributed by atoms with Crippen LogP contribution in [0.25, 0.3) is 0 Å². The van der Waals surface area contributed by atoms with E-state index < -0.39 is 0 Å². The van der Waals surface area contributed by atoms with E-state index in [1.165, 1.54) is 9.35 Å². The summed E-state index contributed by atoms with van der Waals surface area (Å²) in [5.41, 5.74) is 0. The summed E-state index contributed by atoms with van der Waals surface area (Å²) < 4.78 is 8.62. The van der Waals surface area contributed by atoms with Crippen molar-refractivity contribution in [2.75, 3.05) is 18.5 Å². The number of aromatic nitrogens is 2. The van der Waals surface area contributed by atoms with Gasteiger partial charge in [-0.15, -0.1) is 11.3 Å². The molecule has 0 radical (unpaired) electrons. The van der Waals surface area contributed by atoms with Crippen LogP contribution in [0.15, 0.2) is 28.2 Å². The molecule has 3 rings (SSSR count). The maximum absolute atomic E-state index is 5.41. The van der Waals surface area contributed by atoms with Crippen LogP contribution in [0.3, 0.4) is 0 Å². The molecular formula is C13H16BrN3OS. The van der Waals surface area contributed by atoms with Crippen LogP contribution >= 0.6 is 27.3 Å². The first-order valence-electron chi connectivity index (χ1n) is 6.38. The number of hydrogen-bond donors (Lipinski definition) is 1. The molecule has 0 unspecified atom stereocenters. The summed E-state index contributed by atoms with van der Waals surface area (Å²) in [7, 11) is 0. The highest BCUT2D eigenvalue weighted by molar-refractivity contribution is 9.10. The van der Waals surface area contributed by atoms with Crippen molar-refractivity contribution in [1.29, 1.82) is 0 Å². The van der Waals surface area contributed by atoms with Crippen LogP contribution in [-0.2, 0) is 17.8 Å². The molecule has 0 amide bonds. The van der Waals surface area contributed by atoms with Gasteiger partial charge in [0.25, 0.3) is 0 Å². The minimum atomic E-state index is 0.592. The van der Waals surface area contributed by atoms with Crippen molar-refractivity contribution in [3.8, 4) is 0 Å². The maximum Gasteiger partial charge on any atom is 0.124 e. The molecule has 102 valence electrons. The molecule has 2 aromatic rings.